The van der Waals surface area contributed by atoms with E-state index in [0.717, 1.165) is 16.7 Å². The Morgan fingerprint density at radius 3 is 2.54 bits per heavy atom. The maximum absolute atomic E-state index is 6.15. The SMILES string of the molecule is Cl.Cl.Clc1ccc2nc(-n3ccnc3)nc(NCc3ccccc3)c2c1. The zero-order chi connectivity index (χ0) is 16.4. The lowest BCUT2D eigenvalue weighted by Crippen LogP contribution is -2.06. The molecule has 0 atom stereocenters. The van der Waals surface area contributed by atoms with Crippen molar-refractivity contribution >= 4 is 53.1 Å². The third-order valence-electron chi connectivity index (χ3n) is 3.68. The van der Waals surface area contributed by atoms with Gasteiger partial charge in [-0.05, 0) is 23.8 Å². The van der Waals surface area contributed by atoms with Gasteiger partial charge in [0, 0.05) is 29.3 Å². The van der Waals surface area contributed by atoms with Gasteiger partial charge in [0.2, 0.25) is 5.95 Å². The Balaban J connectivity index is 0.00000121. The van der Waals surface area contributed by atoms with Crippen LogP contribution in [0.25, 0.3) is 16.9 Å². The van der Waals surface area contributed by atoms with Gasteiger partial charge < -0.3 is 5.32 Å². The molecule has 1 N–H and O–H groups in total. The van der Waals surface area contributed by atoms with Gasteiger partial charge in [-0.1, -0.05) is 41.9 Å². The van der Waals surface area contributed by atoms with Crippen LogP contribution in [-0.2, 0) is 6.54 Å². The van der Waals surface area contributed by atoms with Crippen LogP contribution in [0.5, 0.6) is 0 Å². The lowest BCUT2D eigenvalue weighted by molar-refractivity contribution is 0.936. The molecule has 4 rings (SSSR count). The van der Waals surface area contributed by atoms with E-state index < -0.39 is 0 Å². The monoisotopic (exact) mass is 407 g/mol. The molecule has 134 valence electrons. The van der Waals surface area contributed by atoms with Gasteiger partial charge in [0.05, 0.1) is 5.52 Å². The molecule has 4 aromatic rings. The van der Waals surface area contributed by atoms with Gasteiger partial charge >= 0.3 is 0 Å². The van der Waals surface area contributed by atoms with E-state index in [0.29, 0.717) is 17.5 Å². The number of imidazole rings is 1. The molecular weight excluding hydrogens is 393 g/mol. The topological polar surface area (TPSA) is 55.6 Å². The molecule has 0 fully saturated rings. The molecule has 8 heteroatoms. The Morgan fingerprint density at radius 2 is 1.81 bits per heavy atom. The first-order valence-corrected chi connectivity index (χ1v) is 7.91. The fourth-order valence-electron chi connectivity index (χ4n) is 2.50. The van der Waals surface area contributed by atoms with Crippen molar-refractivity contribution in [3.8, 4) is 5.95 Å². The largest absolute Gasteiger partial charge is 0.365 e. The summed E-state index contributed by atoms with van der Waals surface area (Å²) in [6.07, 6.45) is 5.20. The molecule has 2 aromatic carbocycles. The molecular formula is C18H16Cl3N5. The summed E-state index contributed by atoms with van der Waals surface area (Å²) in [5.74, 6) is 1.31. The number of hydrogen-bond donors (Lipinski definition) is 1. The van der Waals surface area contributed by atoms with E-state index in [4.69, 9.17) is 11.6 Å². The van der Waals surface area contributed by atoms with Gasteiger partial charge in [-0.2, -0.15) is 4.98 Å². The van der Waals surface area contributed by atoms with Crippen LogP contribution in [0.3, 0.4) is 0 Å². The number of fused-ring (bicyclic) bond motifs is 1. The lowest BCUT2D eigenvalue weighted by Gasteiger charge is -2.11. The van der Waals surface area contributed by atoms with E-state index in [1.54, 1.807) is 17.1 Å². The average Bonchev–Trinajstić information content (AvgIpc) is 3.15. The predicted octanol–water partition coefficient (Wildman–Crippen LogP) is 4.92. The number of hydrogen-bond acceptors (Lipinski definition) is 4. The highest BCUT2D eigenvalue weighted by atomic mass is 35.5. The highest BCUT2D eigenvalue weighted by molar-refractivity contribution is 6.31. The second-order valence-electron chi connectivity index (χ2n) is 5.34. The first-order chi connectivity index (χ1) is 11.8. The predicted molar refractivity (Wildman–Crippen MR) is 110 cm³/mol. The van der Waals surface area contributed by atoms with Crippen LogP contribution in [0.2, 0.25) is 5.02 Å². The summed E-state index contributed by atoms with van der Waals surface area (Å²) in [6, 6.07) is 15.8. The smallest absolute Gasteiger partial charge is 0.237 e. The number of halogens is 3. The minimum atomic E-state index is 0. The summed E-state index contributed by atoms with van der Waals surface area (Å²) in [4.78, 5) is 13.3. The summed E-state index contributed by atoms with van der Waals surface area (Å²) in [5, 5.41) is 4.94. The van der Waals surface area contributed by atoms with Crippen LogP contribution in [0.15, 0.2) is 67.3 Å². The quantitative estimate of drug-likeness (QED) is 0.520. The highest BCUT2D eigenvalue weighted by Crippen LogP contribution is 2.25. The third-order valence-corrected chi connectivity index (χ3v) is 3.92. The van der Waals surface area contributed by atoms with Gasteiger partial charge in [-0.3, -0.25) is 4.57 Å². The molecule has 0 spiro atoms. The second-order valence-corrected chi connectivity index (χ2v) is 5.78. The molecule has 5 nitrogen and oxygen atoms in total. The Kier molecular flexibility index (Phi) is 6.80. The molecule has 0 bridgehead atoms. The first kappa shape index (κ1) is 20.0. The zero-order valence-electron chi connectivity index (χ0n) is 13.5. The molecule has 0 amide bonds. The summed E-state index contributed by atoms with van der Waals surface area (Å²) in [7, 11) is 0. The summed E-state index contributed by atoms with van der Waals surface area (Å²) in [6.45, 7) is 0.669. The average molecular weight is 409 g/mol. The molecule has 0 aliphatic rings. The number of benzene rings is 2. The molecule has 2 aromatic heterocycles. The van der Waals surface area contributed by atoms with Crippen LogP contribution in [0, 0.1) is 0 Å². The number of anilines is 1. The van der Waals surface area contributed by atoms with Gasteiger partial charge in [0.1, 0.15) is 12.1 Å². The van der Waals surface area contributed by atoms with Crippen molar-refractivity contribution in [3.63, 3.8) is 0 Å². The number of nitrogens with zero attached hydrogens (tertiary/aromatic N) is 4. The molecule has 26 heavy (non-hydrogen) atoms. The second kappa shape index (κ2) is 8.85. The van der Waals surface area contributed by atoms with Crippen LogP contribution in [0.4, 0.5) is 5.82 Å². The summed E-state index contributed by atoms with van der Waals surface area (Å²) < 4.78 is 1.78. The molecule has 0 unspecified atom stereocenters. The van der Waals surface area contributed by atoms with E-state index in [-0.39, 0.29) is 24.8 Å². The minimum Gasteiger partial charge on any atom is -0.365 e. The number of rotatable bonds is 4. The van der Waals surface area contributed by atoms with Crippen LogP contribution in [0.1, 0.15) is 5.56 Å². The number of aromatic nitrogens is 4. The van der Waals surface area contributed by atoms with E-state index in [1.807, 2.05) is 42.6 Å². The summed E-state index contributed by atoms with van der Waals surface area (Å²) >= 11 is 6.15. The van der Waals surface area contributed by atoms with Gasteiger partial charge in [0.15, 0.2) is 0 Å². The first-order valence-electron chi connectivity index (χ1n) is 7.53. The van der Waals surface area contributed by atoms with Crippen molar-refractivity contribution in [2.24, 2.45) is 0 Å². The van der Waals surface area contributed by atoms with E-state index in [1.165, 1.54) is 5.56 Å². The Labute approximate surface area is 168 Å². The van der Waals surface area contributed by atoms with Gasteiger partial charge in [-0.15, -0.1) is 24.8 Å². The molecule has 0 aliphatic heterocycles. The molecule has 0 radical (unpaired) electrons. The summed E-state index contributed by atoms with van der Waals surface area (Å²) in [5.41, 5.74) is 2.00. The van der Waals surface area contributed by atoms with E-state index >= 15 is 0 Å². The van der Waals surface area contributed by atoms with Crippen LogP contribution < -0.4 is 5.32 Å². The van der Waals surface area contributed by atoms with Gasteiger partial charge in [-0.25, -0.2) is 9.97 Å². The van der Waals surface area contributed by atoms with Crippen molar-refractivity contribution in [2.75, 3.05) is 5.32 Å². The third kappa shape index (κ3) is 4.25. The number of nitrogens with one attached hydrogen (secondary N) is 1. The maximum Gasteiger partial charge on any atom is 0.237 e. The molecule has 0 saturated heterocycles. The minimum absolute atomic E-state index is 0. The van der Waals surface area contributed by atoms with Crippen molar-refractivity contribution in [1.29, 1.82) is 0 Å². The van der Waals surface area contributed by atoms with Crippen LogP contribution >= 0.6 is 36.4 Å². The van der Waals surface area contributed by atoms with Crippen molar-refractivity contribution in [1.82, 2.24) is 19.5 Å². The van der Waals surface area contributed by atoms with Gasteiger partial charge in [0.25, 0.3) is 0 Å². The Morgan fingerprint density at radius 1 is 1.00 bits per heavy atom. The van der Waals surface area contributed by atoms with Crippen molar-refractivity contribution in [3.05, 3.63) is 77.8 Å². The maximum atomic E-state index is 6.15. The van der Waals surface area contributed by atoms with Crippen molar-refractivity contribution < 1.29 is 0 Å². The molecule has 0 saturated carbocycles. The standard InChI is InChI=1S/C18H14ClN5.2ClH/c19-14-6-7-16-15(10-14)17(21-11-13-4-2-1-3-5-13)23-18(22-16)24-9-8-20-12-24;;/h1-10,12H,11H2,(H,21,22,23);2*1H. The fraction of sp³-hybridized carbons (Fsp3) is 0.0556. The fourth-order valence-corrected chi connectivity index (χ4v) is 2.67. The molecule has 0 aliphatic carbocycles. The Hall–Kier alpha value is -2.34. The van der Waals surface area contributed by atoms with Crippen LogP contribution in [-0.4, -0.2) is 19.5 Å². The van der Waals surface area contributed by atoms with E-state index in [2.05, 4.69) is 32.4 Å². The lowest BCUT2D eigenvalue weighted by atomic mass is 10.2. The van der Waals surface area contributed by atoms with Crippen molar-refractivity contribution in [2.45, 2.75) is 6.54 Å². The Bertz CT molecular complexity index is 975. The molecule has 2 heterocycles. The highest BCUT2D eigenvalue weighted by Gasteiger charge is 2.09. The van der Waals surface area contributed by atoms with E-state index in [9.17, 15) is 0 Å². The normalized spacial score (nSPS) is 10.0. The zero-order valence-corrected chi connectivity index (χ0v) is 15.9.